The monoisotopic (exact) mass is 304 g/mol. The Morgan fingerprint density at radius 1 is 1.18 bits per heavy atom. The number of anilines is 1. The molecule has 1 saturated heterocycles. The normalized spacial score (nSPS) is 16.3. The number of aryl methyl sites for hydroxylation is 1. The van der Waals surface area contributed by atoms with E-state index in [9.17, 15) is 14.4 Å². The first-order valence-electron chi connectivity index (χ1n) is 7.31. The van der Waals surface area contributed by atoms with Crippen LogP contribution in [0.1, 0.15) is 51.0 Å². The lowest BCUT2D eigenvalue weighted by atomic mass is 10.2. The Balaban J connectivity index is 2.15. The minimum atomic E-state index is -0.847. The van der Waals surface area contributed by atoms with Crippen molar-refractivity contribution < 1.29 is 14.4 Å². The lowest BCUT2D eigenvalue weighted by molar-refractivity contribution is -0.144. The molecule has 0 aliphatic carbocycles. The van der Waals surface area contributed by atoms with Gasteiger partial charge in [-0.25, -0.2) is 9.97 Å². The summed E-state index contributed by atoms with van der Waals surface area (Å²) in [5.41, 5.74) is 0.745. The van der Waals surface area contributed by atoms with E-state index in [0.29, 0.717) is 11.6 Å². The fourth-order valence-corrected chi connectivity index (χ4v) is 2.29. The molecule has 1 aliphatic rings. The number of likely N-dealkylation sites (tertiary alicyclic amines) is 1. The summed E-state index contributed by atoms with van der Waals surface area (Å²) in [6.45, 7) is 7.28. The third-order valence-corrected chi connectivity index (χ3v) is 3.50. The van der Waals surface area contributed by atoms with Crippen molar-refractivity contribution in [3.05, 3.63) is 17.6 Å². The van der Waals surface area contributed by atoms with Gasteiger partial charge in [-0.15, -0.1) is 0 Å². The topological polar surface area (TPSA) is 92.3 Å². The Morgan fingerprint density at radius 2 is 1.77 bits per heavy atom. The van der Waals surface area contributed by atoms with Crippen LogP contribution in [0.4, 0.5) is 5.82 Å². The largest absolute Gasteiger partial charge is 0.309 e. The maximum atomic E-state index is 12.3. The predicted molar refractivity (Wildman–Crippen MR) is 80.0 cm³/mol. The molecule has 2 heterocycles. The van der Waals surface area contributed by atoms with Gasteiger partial charge in [0.25, 0.3) is 0 Å². The molecule has 7 nitrogen and oxygen atoms in total. The standard InChI is InChI=1S/C15H20N4O3/c1-8(2)14-16-9(3)7-11(17-14)18-15(22)10(4)19-12(20)5-6-13(19)21/h7-8,10H,5-6H2,1-4H3,(H,16,17,18,22). The molecule has 0 spiro atoms. The average Bonchev–Trinajstić information content (AvgIpc) is 2.76. The van der Waals surface area contributed by atoms with Gasteiger partial charge >= 0.3 is 0 Å². The van der Waals surface area contributed by atoms with Gasteiger partial charge in [-0.05, 0) is 13.8 Å². The van der Waals surface area contributed by atoms with Crippen LogP contribution in [0.3, 0.4) is 0 Å². The number of carbonyl (C=O) groups excluding carboxylic acids is 3. The highest BCUT2D eigenvalue weighted by atomic mass is 16.2. The van der Waals surface area contributed by atoms with Crippen LogP contribution in [0.2, 0.25) is 0 Å². The summed E-state index contributed by atoms with van der Waals surface area (Å²) in [7, 11) is 0. The van der Waals surface area contributed by atoms with Crippen LogP contribution in [-0.4, -0.2) is 38.6 Å². The van der Waals surface area contributed by atoms with Crippen molar-refractivity contribution in [2.24, 2.45) is 0 Å². The number of imide groups is 1. The number of carbonyl (C=O) groups is 3. The van der Waals surface area contributed by atoms with Gasteiger partial charge in [0.05, 0.1) is 0 Å². The molecule has 1 atom stereocenters. The van der Waals surface area contributed by atoms with E-state index in [4.69, 9.17) is 0 Å². The molecule has 0 saturated carbocycles. The van der Waals surface area contributed by atoms with Crippen molar-refractivity contribution in [2.45, 2.75) is 52.5 Å². The van der Waals surface area contributed by atoms with Gasteiger partial charge in [-0.3, -0.25) is 19.3 Å². The van der Waals surface area contributed by atoms with Crippen LogP contribution in [0.15, 0.2) is 6.07 Å². The van der Waals surface area contributed by atoms with Crippen LogP contribution in [0.25, 0.3) is 0 Å². The maximum Gasteiger partial charge on any atom is 0.248 e. The molecular formula is C15H20N4O3. The molecule has 0 aromatic carbocycles. The predicted octanol–water partition coefficient (Wildman–Crippen LogP) is 1.38. The first-order chi connectivity index (χ1) is 10.3. The number of hydrogen-bond acceptors (Lipinski definition) is 5. The number of hydrogen-bond donors (Lipinski definition) is 1. The summed E-state index contributed by atoms with van der Waals surface area (Å²) in [4.78, 5) is 45.2. The second kappa shape index (κ2) is 6.21. The van der Waals surface area contributed by atoms with E-state index in [-0.39, 0.29) is 30.6 Å². The van der Waals surface area contributed by atoms with E-state index in [2.05, 4.69) is 15.3 Å². The molecule has 7 heteroatoms. The zero-order valence-electron chi connectivity index (χ0n) is 13.2. The molecule has 1 unspecified atom stereocenters. The van der Waals surface area contributed by atoms with E-state index >= 15 is 0 Å². The first-order valence-corrected chi connectivity index (χ1v) is 7.31. The second-order valence-corrected chi connectivity index (χ2v) is 5.73. The first kappa shape index (κ1) is 16.1. The van der Waals surface area contributed by atoms with Gasteiger partial charge in [-0.1, -0.05) is 13.8 Å². The van der Waals surface area contributed by atoms with Crippen LogP contribution in [0.5, 0.6) is 0 Å². The summed E-state index contributed by atoms with van der Waals surface area (Å²) in [6, 6.07) is 0.810. The SMILES string of the molecule is Cc1cc(NC(=O)C(C)N2C(=O)CCC2=O)nc(C(C)C)n1. The van der Waals surface area contributed by atoms with Crippen molar-refractivity contribution in [3.8, 4) is 0 Å². The van der Waals surface area contributed by atoms with E-state index < -0.39 is 11.9 Å². The van der Waals surface area contributed by atoms with E-state index in [1.807, 2.05) is 20.8 Å². The van der Waals surface area contributed by atoms with E-state index in [1.165, 1.54) is 6.92 Å². The highest BCUT2D eigenvalue weighted by molar-refractivity contribution is 6.07. The van der Waals surface area contributed by atoms with Gasteiger partial charge in [0.1, 0.15) is 17.7 Å². The molecule has 2 rings (SSSR count). The summed E-state index contributed by atoms with van der Waals surface area (Å²) in [6.07, 6.45) is 0.334. The quantitative estimate of drug-likeness (QED) is 0.848. The van der Waals surface area contributed by atoms with Gasteiger partial charge in [-0.2, -0.15) is 0 Å². The smallest absolute Gasteiger partial charge is 0.248 e. The Hall–Kier alpha value is -2.31. The molecule has 1 N–H and O–H groups in total. The van der Waals surface area contributed by atoms with Crippen molar-refractivity contribution in [3.63, 3.8) is 0 Å². The highest BCUT2D eigenvalue weighted by Crippen LogP contribution is 2.18. The molecule has 3 amide bonds. The van der Waals surface area contributed by atoms with Crippen molar-refractivity contribution in [2.75, 3.05) is 5.32 Å². The summed E-state index contributed by atoms with van der Waals surface area (Å²) >= 11 is 0. The van der Waals surface area contributed by atoms with Crippen LogP contribution in [-0.2, 0) is 14.4 Å². The highest BCUT2D eigenvalue weighted by Gasteiger charge is 2.36. The number of aromatic nitrogens is 2. The lowest BCUT2D eigenvalue weighted by Gasteiger charge is -2.21. The third-order valence-electron chi connectivity index (χ3n) is 3.50. The van der Waals surface area contributed by atoms with E-state index in [0.717, 1.165) is 10.6 Å². The van der Waals surface area contributed by atoms with Crippen LogP contribution >= 0.6 is 0 Å². The summed E-state index contributed by atoms with van der Waals surface area (Å²) in [5.74, 6) is 0.0957. The number of nitrogens with zero attached hydrogens (tertiary/aromatic N) is 3. The van der Waals surface area contributed by atoms with Crippen LogP contribution in [0, 0.1) is 6.92 Å². The van der Waals surface area contributed by atoms with Gasteiger partial charge < -0.3 is 5.32 Å². The van der Waals surface area contributed by atoms with Gasteiger partial charge in [0.15, 0.2) is 0 Å². The molecule has 22 heavy (non-hydrogen) atoms. The summed E-state index contributed by atoms with van der Waals surface area (Å²) in [5, 5.41) is 2.66. The molecule has 1 aliphatic heterocycles. The molecule has 0 bridgehead atoms. The Kier molecular flexibility index (Phi) is 4.54. The molecule has 1 fully saturated rings. The van der Waals surface area contributed by atoms with Gasteiger partial charge in [0.2, 0.25) is 17.7 Å². The molecular weight excluding hydrogens is 284 g/mol. The van der Waals surface area contributed by atoms with Crippen molar-refractivity contribution >= 4 is 23.5 Å². The molecule has 118 valence electrons. The zero-order chi connectivity index (χ0) is 16.4. The third kappa shape index (κ3) is 3.29. The second-order valence-electron chi connectivity index (χ2n) is 5.73. The number of rotatable bonds is 4. The minimum absolute atomic E-state index is 0.134. The molecule has 0 radical (unpaired) electrons. The summed E-state index contributed by atoms with van der Waals surface area (Å²) < 4.78 is 0. The van der Waals surface area contributed by atoms with Crippen molar-refractivity contribution in [1.82, 2.24) is 14.9 Å². The minimum Gasteiger partial charge on any atom is -0.309 e. The molecule has 1 aromatic heterocycles. The maximum absolute atomic E-state index is 12.3. The van der Waals surface area contributed by atoms with Crippen molar-refractivity contribution in [1.29, 1.82) is 0 Å². The fourth-order valence-electron chi connectivity index (χ4n) is 2.29. The Bertz CT molecular complexity index is 611. The fraction of sp³-hybridized carbons (Fsp3) is 0.533. The number of amides is 3. The Labute approximate surface area is 129 Å². The average molecular weight is 304 g/mol. The lowest BCUT2D eigenvalue weighted by Crippen LogP contribution is -2.45. The number of nitrogens with one attached hydrogen (secondary N) is 1. The Morgan fingerprint density at radius 3 is 2.32 bits per heavy atom. The van der Waals surface area contributed by atoms with E-state index in [1.54, 1.807) is 6.07 Å². The zero-order valence-corrected chi connectivity index (χ0v) is 13.2. The van der Waals surface area contributed by atoms with Gasteiger partial charge in [0, 0.05) is 30.5 Å². The van der Waals surface area contributed by atoms with Crippen LogP contribution < -0.4 is 5.32 Å². The molecule has 1 aromatic rings.